The predicted molar refractivity (Wildman–Crippen MR) is 105 cm³/mol. The van der Waals surface area contributed by atoms with E-state index in [1.807, 2.05) is 31.2 Å². The van der Waals surface area contributed by atoms with Crippen LogP contribution in [0, 0.1) is 18.6 Å². The van der Waals surface area contributed by atoms with Gasteiger partial charge in [0.05, 0.1) is 4.90 Å². The third-order valence-electron chi connectivity index (χ3n) is 3.90. The molecule has 2 aromatic rings. The van der Waals surface area contributed by atoms with Crippen molar-refractivity contribution in [3.63, 3.8) is 0 Å². The van der Waals surface area contributed by atoms with Gasteiger partial charge in [0, 0.05) is 25.2 Å². The summed E-state index contributed by atoms with van der Waals surface area (Å²) in [5.74, 6) is -0.909. The van der Waals surface area contributed by atoms with Gasteiger partial charge in [0.1, 0.15) is 17.4 Å². The highest BCUT2D eigenvalue weighted by Crippen LogP contribution is 2.16. The molecular formula is C20H22F2N2O3S. The lowest BCUT2D eigenvalue weighted by Crippen LogP contribution is -2.33. The highest BCUT2D eigenvalue weighted by atomic mass is 32.2. The topological polar surface area (TPSA) is 67.8 Å². The maximum atomic E-state index is 13.3. The van der Waals surface area contributed by atoms with Crippen molar-refractivity contribution in [3.05, 3.63) is 71.4 Å². The van der Waals surface area contributed by atoms with E-state index in [9.17, 15) is 17.2 Å². The summed E-state index contributed by atoms with van der Waals surface area (Å²) in [7, 11) is -4.09. The second kappa shape index (κ2) is 9.07. The van der Waals surface area contributed by atoms with Crippen molar-refractivity contribution >= 4 is 15.9 Å². The van der Waals surface area contributed by atoms with Gasteiger partial charge in [-0.2, -0.15) is 0 Å². The quantitative estimate of drug-likeness (QED) is 0.571. The van der Waals surface area contributed by atoms with Gasteiger partial charge in [0.15, 0.2) is 5.90 Å². The van der Waals surface area contributed by atoms with E-state index >= 15 is 0 Å². The summed E-state index contributed by atoms with van der Waals surface area (Å²) in [5.41, 5.74) is 1.70. The molecule has 0 saturated heterocycles. The van der Waals surface area contributed by atoms with E-state index in [-0.39, 0.29) is 0 Å². The lowest BCUT2D eigenvalue weighted by molar-refractivity contribution is 0.546. The first-order valence-electron chi connectivity index (χ1n) is 8.51. The highest BCUT2D eigenvalue weighted by molar-refractivity contribution is 7.89. The van der Waals surface area contributed by atoms with Crippen LogP contribution in [0.4, 0.5) is 8.78 Å². The van der Waals surface area contributed by atoms with Crippen LogP contribution in [0.5, 0.6) is 5.75 Å². The maximum absolute atomic E-state index is 13.3. The predicted octanol–water partition coefficient (Wildman–Crippen LogP) is 4.34. The van der Waals surface area contributed by atoms with Crippen molar-refractivity contribution in [2.75, 3.05) is 0 Å². The largest absolute Gasteiger partial charge is 0.443 e. The normalized spacial score (nSPS) is 14.1. The van der Waals surface area contributed by atoms with Crippen molar-refractivity contribution < 1.29 is 21.9 Å². The summed E-state index contributed by atoms with van der Waals surface area (Å²) < 4.78 is 59.2. The smallest absolute Gasteiger partial charge is 0.241 e. The fraction of sp³-hybridized carbons (Fsp3) is 0.250. The van der Waals surface area contributed by atoms with E-state index in [0.29, 0.717) is 23.3 Å². The summed E-state index contributed by atoms with van der Waals surface area (Å²) in [6.45, 7) is 6.93. The molecule has 2 rings (SSSR count). The summed E-state index contributed by atoms with van der Waals surface area (Å²) in [4.78, 5) is 3.69. The number of aryl methyl sites for hydroxylation is 1. The lowest BCUT2D eigenvalue weighted by atomic mass is 10.2. The van der Waals surface area contributed by atoms with Gasteiger partial charge in [-0.3, -0.25) is 0 Å². The molecule has 1 atom stereocenters. The van der Waals surface area contributed by atoms with Gasteiger partial charge >= 0.3 is 0 Å². The minimum atomic E-state index is -4.09. The zero-order valence-corrected chi connectivity index (χ0v) is 16.8. The molecule has 0 spiro atoms. The molecule has 2 aromatic carbocycles. The lowest BCUT2D eigenvalue weighted by Gasteiger charge is -2.15. The van der Waals surface area contributed by atoms with E-state index in [4.69, 9.17) is 4.74 Å². The summed E-state index contributed by atoms with van der Waals surface area (Å²) in [5, 5.41) is 0. The molecule has 0 heterocycles. The molecule has 0 aliphatic heterocycles. The molecule has 8 heteroatoms. The molecule has 0 saturated carbocycles. The van der Waals surface area contributed by atoms with E-state index in [2.05, 4.69) is 9.71 Å². The molecule has 0 amide bonds. The number of hydrogen-bond donors (Lipinski definition) is 1. The number of hydrogen-bond acceptors (Lipinski definition) is 4. The Morgan fingerprint density at radius 2 is 1.68 bits per heavy atom. The first-order chi connectivity index (χ1) is 13.1. The molecule has 0 bridgehead atoms. The summed E-state index contributed by atoms with van der Waals surface area (Å²) in [6, 6.07) is 8.95. The van der Waals surface area contributed by atoms with E-state index in [0.717, 1.165) is 17.7 Å². The van der Waals surface area contributed by atoms with Crippen LogP contribution in [0.15, 0.2) is 64.1 Å². The molecule has 5 nitrogen and oxygen atoms in total. The van der Waals surface area contributed by atoms with Crippen molar-refractivity contribution in [2.45, 2.75) is 38.6 Å². The second-order valence-corrected chi connectivity index (χ2v) is 8.10. The summed E-state index contributed by atoms with van der Waals surface area (Å²) >= 11 is 0. The minimum Gasteiger partial charge on any atom is -0.443 e. The standard InChI is InChI=1S/C20H22F2N2O3S/c1-13-5-7-19(8-6-13)27-16(4)23-12-14(2)15(3)24-28(25,26)20-10-17(21)9-18(22)11-20/h5-12,15,24H,1-4H3/b14-12+,23-16?. The van der Waals surface area contributed by atoms with Crippen molar-refractivity contribution in [2.24, 2.45) is 4.99 Å². The third kappa shape index (κ3) is 6.24. The zero-order valence-electron chi connectivity index (χ0n) is 16.0. The Morgan fingerprint density at radius 3 is 2.25 bits per heavy atom. The van der Waals surface area contributed by atoms with Crippen LogP contribution >= 0.6 is 0 Å². The van der Waals surface area contributed by atoms with Crippen molar-refractivity contribution in [3.8, 4) is 5.75 Å². The molecule has 0 aliphatic carbocycles. The van der Waals surface area contributed by atoms with E-state index in [1.54, 1.807) is 20.8 Å². The average molecular weight is 408 g/mol. The average Bonchev–Trinajstić information content (AvgIpc) is 2.60. The number of sulfonamides is 1. The van der Waals surface area contributed by atoms with Gasteiger partial charge in [0.2, 0.25) is 10.0 Å². The number of ether oxygens (including phenoxy) is 1. The molecule has 0 radical (unpaired) electrons. The fourth-order valence-electron chi connectivity index (χ4n) is 2.19. The Kier molecular flexibility index (Phi) is 7.04. The maximum Gasteiger partial charge on any atom is 0.241 e. The highest BCUT2D eigenvalue weighted by Gasteiger charge is 2.20. The molecule has 0 aliphatic rings. The van der Waals surface area contributed by atoms with Crippen LogP contribution < -0.4 is 9.46 Å². The van der Waals surface area contributed by atoms with Gasteiger partial charge in [-0.15, -0.1) is 0 Å². The first-order valence-corrected chi connectivity index (χ1v) is 9.99. The molecule has 0 fully saturated rings. The van der Waals surface area contributed by atoms with Gasteiger partial charge in [0.25, 0.3) is 0 Å². The van der Waals surface area contributed by atoms with Crippen LogP contribution in [-0.4, -0.2) is 20.4 Å². The van der Waals surface area contributed by atoms with E-state index < -0.39 is 32.6 Å². The Balaban J connectivity index is 2.07. The van der Waals surface area contributed by atoms with Gasteiger partial charge in [-0.1, -0.05) is 17.7 Å². The number of rotatable bonds is 6. The molecule has 1 N–H and O–H groups in total. The summed E-state index contributed by atoms with van der Waals surface area (Å²) in [6.07, 6.45) is 1.48. The molecule has 150 valence electrons. The Hall–Kier alpha value is -2.58. The number of nitrogens with one attached hydrogen (secondary N) is 1. The van der Waals surface area contributed by atoms with Gasteiger partial charge in [-0.05, 0) is 50.6 Å². The van der Waals surface area contributed by atoms with Gasteiger partial charge < -0.3 is 4.74 Å². The zero-order chi connectivity index (χ0) is 20.9. The number of halogens is 2. The van der Waals surface area contributed by atoms with Gasteiger partial charge in [-0.25, -0.2) is 26.9 Å². The van der Waals surface area contributed by atoms with Crippen LogP contribution in [0.1, 0.15) is 26.3 Å². The monoisotopic (exact) mass is 408 g/mol. The minimum absolute atomic E-state index is 0.380. The van der Waals surface area contributed by atoms with Crippen LogP contribution in [0.3, 0.4) is 0 Å². The third-order valence-corrected chi connectivity index (χ3v) is 5.42. The number of aliphatic imine (C=N–C) groups is 1. The number of nitrogens with zero attached hydrogens (tertiary/aromatic N) is 1. The Bertz CT molecular complexity index is 980. The van der Waals surface area contributed by atoms with E-state index in [1.165, 1.54) is 6.20 Å². The second-order valence-electron chi connectivity index (χ2n) is 6.38. The van der Waals surface area contributed by atoms with Crippen molar-refractivity contribution in [1.82, 2.24) is 4.72 Å². The Morgan fingerprint density at radius 1 is 1.11 bits per heavy atom. The van der Waals surface area contributed by atoms with Crippen LogP contribution in [0.2, 0.25) is 0 Å². The Labute approximate surface area is 163 Å². The first kappa shape index (κ1) is 21.7. The molecule has 1 unspecified atom stereocenters. The molecule has 28 heavy (non-hydrogen) atoms. The molecular weight excluding hydrogens is 386 g/mol. The number of benzene rings is 2. The SMILES string of the molecule is CC(=N/C=C(\C)C(C)NS(=O)(=O)c1cc(F)cc(F)c1)Oc1ccc(C)cc1. The van der Waals surface area contributed by atoms with Crippen LogP contribution in [0.25, 0.3) is 0 Å². The van der Waals surface area contributed by atoms with Crippen LogP contribution in [-0.2, 0) is 10.0 Å². The van der Waals surface area contributed by atoms with Crippen molar-refractivity contribution in [1.29, 1.82) is 0 Å². The fourth-order valence-corrected chi connectivity index (χ4v) is 3.51. The molecule has 0 aromatic heterocycles.